The van der Waals surface area contributed by atoms with E-state index in [0.717, 1.165) is 54.3 Å². The third-order valence-electron chi connectivity index (χ3n) is 10.8. The zero-order valence-electron chi connectivity index (χ0n) is 43.1. The third kappa shape index (κ3) is 23.9. The number of anilines is 1. The summed E-state index contributed by atoms with van der Waals surface area (Å²) in [5.74, 6) is 4.45. The minimum atomic E-state index is -3.68. The number of piperidine rings is 2. The molecule has 32 heteroatoms. The number of aromatic nitrogens is 6. The van der Waals surface area contributed by atoms with Crippen LogP contribution in [0, 0.1) is 0 Å². The predicted octanol–water partition coefficient (Wildman–Crippen LogP) is 4.28. The zero-order chi connectivity index (χ0) is 55.8. The molecule has 5 heterocycles. The molecule has 0 amide bonds. The van der Waals surface area contributed by atoms with Gasteiger partial charge in [0.25, 0.3) is 20.4 Å². The second-order valence-electron chi connectivity index (χ2n) is 15.9. The molecule has 2 fully saturated rings. The number of hydrogen-bond donors (Lipinski definition) is 7. The zero-order valence-corrected chi connectivity index (χ0v) is 48.6. The Labute approximate surface area is 481 Å². The molecule has 2 saturated heterocycles. The van der Waals surface area contributed by atoms with E-state index in [9.17, 15) is 16.8 Å². The molecule has 3 aromatic carbocycles. The Kier molecular flexibility index (Phi) is 30.5. The summed E-state index contributed by atoms with van der Waals surface area (Å²) in [6.45, 7) is 3.06. The molecule has 2 aliphatic rings. The number of halogens is 5. The van der Waals surface area contributed by atoms with Crippen molar-refractivity contribution in [1.29, 1.82) is 0 Å². The number of hydrogen-bond acceptors (Lipinski definition) is 20. The average Bonchev–Trinajstić information content (AvgIpc) is 3.40. The predicted molar refractivity (Wildman–Crippen MR) is 306 cm³/mol. The molecule has 0 radical (unpaired) electrons. The summed E-state index contributed by atoms with van der Waals surface area (Å²) in [5, 5.41) is 31.9. The molecule has 428 valence electrons. The van der Waals surface area contributed by atoms with E-state index in [1.807, 2.05) is 42.5 Å². The first kappa shape index (κ1) is 68.7. The summed E-state index contributed by atoms with van der Waals surface area (Å²) in [6, 6.07) is 20.8. The molecule has 9 N–H and O–H groups in total. The van der Waals surface area contributed by atoms with Crippen LogP contribution in [0.5, 0.6) is 34.5 Å². The minimum Gasteiger partial charge on any atom is -0.493 e. The Morgan fingerprint density at radius 2 is 0.923 bits per heavy atom. The minimum absolute atomic E-state index is 0. The van der Waals surface area contributed by atoms with Crippen LogP contribution in [0.25, 0.3) is 22.5 Å². The van der Waals surface area contributed by atoms with Gasteiger partial charge in [-0.15, -0.1) is 24.8 Å². The maximum atomic E-state index is 11.2. The molecule has 3 aromatic heterocycles. The van der Waals surface area contributed by atoms with Crippen molar-refractivity contribution < 1.29 is 55.3 Å². The van der Waals surface area contributed by atoms with E-state index in [0.29, 0.717) is 81.4 Å². The van der Waals surface area contributed by atoms with Crippen molar-refractivity contribution in [2.75, 3.05) is 73.7 Å². The molecule has 6 aromatic rings. The summed E-state index contributed by atoms with van der Waals surface area (Å²) in [5.41, 5.74) is 3.67. The van der Waals surface area contributed by atoms with Gasteiger partial charge in [-0.1, -0.05) is 40.9 Å². The highest BCUT2D eigenvalue weighted by Gasteiger charge is 2.23. The fraction of sp³-hybridized carbons (Fsp3) is 0.348. The molecule has 0 saturated carbocycles. The van der Waals surface area contributed by atoms with E-state index in [4.69, 9.17) is 83.5 Å². The van der Waals surface area contributed by atoms with E-state index in [1.165, 1.54) is 45.3 Å². The Hall–Kier alpha value is -5.37. The monoisotopic (exact) mass is 1220 g/mol. The Balaban J connectivity index is 0.000000353. The van der Waals surface area contributed by atoms with E-state index >= 15 is 0 Å². The Morgan fingerprint density at radius 3 is 1.32 bits per heavy atom. The van der Waals surface area contributed by atoms with Crippen molar-refractivity contribution in [3.8, 4) is 57.0 Å². The third-order valence-corrected chi connectivity index (χ3v) is 12.7. The molecule has 24 nitrogen and oxygen atoms in total. The lowest BCUT2D eigenvalue weighted by molar-refractivity contribution is 0.355. The van der Waals surface area contributed by atoms with Gasteiger partial charge in [-0.25, -0.2) is 40.2 Å². The van der Waals surface area contributed by atoms with Crippen LogP contribution in [0.3, 0.4) is 0 Å². The largest absolute Gasteiger partial charge is 0.493 e. The van der Waals surface area contributed by atoms with Gasteiger partial charge in [0.2, 0.25) is 0 Å². The molecule has 0 unspecified atom stereocenters. The van der Waals surface area contributed by atoms with Gasteiger partial charge in [0.15, 0.2) is 34.5 Å². The second-order valence-corrected chi connectivity index (χ2v) is 19.7. The lowest BCUT2D eigenvalue weighted by Gasteiger charge is -2.32. The van der Waals surface area contributed by atoms with Gasteiger partial charge in [-0.3, -0.25) is 0 Å². The average molecular weight is 1230 g/mol. The number of benzene rings is 3. The van der Waals surface area contributed by atoms with Crippen molar-refractivity contribution in [3.63, 3.8) is 0 Å². The summed E-state index contributed by atoms with van der Waals surface area (Å²) < 4.78 is 79.2. The van der Waals surface area contributed by atoms with Crippen LogP contribution in [-0.4, -0.2) is 145 Å². The van der Waals surface area contributed by atoms with Crippen LogP contribution >= 0.6 is 59.6 Å². The lowest BCUT2D eigenvalue weighted by atomic mass is 9.80. The molecule has 2 aliphatic heterocycles. The molecule has 0 spiro atoms. The highest BCUT2D eigenvalue weighted by Crippen LogP contribution is 2.34. The van der Waals surface area contributed by atoms with Gasteiger partial charge in [0.1, 0.15) is 40.3 Å². The smallest absolute Gasteiger partial charge is 0.488 e. The number of nitrogens with one attached hydrogen (secondary N) is 3. The summed E-state index contributed by atoms with van der Waals surface area (Å²) in [7, 11) is 0.717. The number of nitrogens with zero attached hydrogens (tertiary/aromatic N) is 7. The van der Waals surface area contributed by atoms with Gasteiger partial charge in [-0.05, 0) is 92.8 Å². The van der Waals surface area contributed by atoms with Crippen molar-refractivity contribution in [1.82, 2.24) is 44.7 Å². The summed E-state index contributed by atoms with van der Waals surface area (Å²) in [4.78, 5) is 26.0. The highest BCUT2D eigenvalue weighted by molar-refractivity contribution is 7.87. The fourth-order valence-corrected chi connectivity index (χ4v) is 9.01. The van der Waals surface area contributed by atoms with E-state index in [1.54, 1.807) is 46.6 Å². The fourth-order valence-electron chi connectivity index (χ4n) is 7.12. The topological polar surface area (TPSA) is 333 Å². The van der Waals surface area contributed by atoms with Crippen LogP contribution < -0.4 is 63.8 Å². The van der Waals surface area contributed by atoms with Crippen molar-refractivity contribution in [2.24, 2.45) is 10.3 Å². The molecule has 0 aliphatic carbocycles. The van der Waals surface area contributed by atoms with Crippen LogP contribution in [0.2, 0.25) is 15.5 Å². The van der Waals surface area contributed by atoms with Crippen molar-refractivity contribution >= 4 is 98.4 Å². The van der Waals surface area contributed by atoms with Crippen molar-refractivity contribution in [2.45, 2.75) is 37.8 Å². The van der Waals surface area contributed by atoms with Crippen LogP contribution in [0.1, 0.15) is 25.7 Å². The standard InChI is InChI=1S/C17H23N5O4S.C12H11ClN2O2.C8H11BO4.C5H13N3O2S.C4H2Cl2N2.2ClH/c1-25-15-4-3-12(9-16(15)26-2)14-10-17(20-11-19-14)22-7-5-13(6-8-22)21-27(18,23)24;1-16-10-4-3-8(5-11(10)17-2)9-6-12(13)15-7-14-9;1-12-7-4-3-6(9(10)11)5-8(7)13-2;6-11(9,10)8-5-1-3-7-4-2-5;5-3-1-4(6)8-2-7-3;;/h3-4,9-11,13,21H,5-8H2,1-2H3,(H2,18,23,24);3-7H,1-2H3;3-5,10-11H,1-2H3;5,7-8H,1-4H2,(H2,6,9,10);1-2H;2*1H. The molecular weight excluding hydrogens is 1160 g/mol. The molecule has 78 heavy (non-hydrogen) atoms. The lowest BCUT2D eigenvalue weighted by Crippen LogP contribution is -2.46. The van der Waals surface area contributed by atoms with Crippen molar-refractivity contribution in [3.05, 3.63) is 107 Å². The number of methoxy groups -OCH3 is 6. The second kappa shape index (κ2) is 34.6. The van der Waals surface area contributed by atoms with Crippen LogP contribution in [0.15, 0.2) is 91.8 Å². The first-order chi connectivity index (χ1) is 36.2. The van der Waals surface area contributed by atoms with Gasteiger partial charge in [0.05, 0.1) is 54.0 Å². The Morgan fingerprint density at radius 1 is 0.538 bits per heavy atom. The highest BCUT2D eigenvalue weighted by atomic mass is 35.5. The summed E-state index contributed by atoms with van der Waals surface area (Å²) >= 11 is 16.6. The number of nitrogens with two attached hydrogens (primary N) is 2. The van der Waals surface area contributed by atoms with E-state index in [-0.39, 0.29) is 36.9 Å². The summed E-state index contributed by atoms with van der Waals surface area (Å²) in [6.07, 6.45) is 7.21. The first-order valence-electron chi connectivity index (χ1n) is 22.7. The van der Waals surface area contributed by atoms with Gasteiger partial charge < -0.3 is 48.7 Å². The SMILES string of the molecule is COc1ccc(-c2cc(Cl)ncn2)cc1OC.COc1ccc(-c2cc(N3CCC(NS(N)(=O)=O)CC3)ncn2)cc1OC.COc1ccc(B(O)O)cc1OC.Cl.Cl.Clc1cc(Cl)ncn1.NS(=O)(=O)NC1CCNCC1. The molecule has 8 rings (SSSR count). The van der Waals surface area contributed by atoms with Crippen LogP contribution in [-0.2, 0) is 20.4 Å². The Bertz CT molecular complexity index is 2980. The van der Waals surface area contributed by atoms with Gasteiger partial charge >= 0.3 is 7.12 Å². The van der Waals surface area contributed by atoms with Crippen LogP contribution in [0.4, 0.5) is 5.82 Å². The first-order valence-corrected chi connectivity index (χ1v) is 26.9. The molecular formula is C46H62BCl5N12O12S2. The number of ether oxygens (including phenoxy) is 6. The quantitative estimate of drug-likeness (QED) is 0.0591. The van der Waals surface area contributed by atoms with E-state index in [2.05, 4.69) is 49.6 Å². The normalized spacial score (nSPS) is 13.2. The maximum Gasteiger partial charge on any atom is 0.488 e. The maximum absolute atomic E-state index is 11.2. The van der Waals surface area contributed by atoms with Gasteiger partial charge in [-0.2, -0.15) is 26.3 Å². The molecule has 0 bridgehead atoms. The van der Waals surface area contributed by atoms with E-state index < -0.39 is 27.5 Å². The van der Waals surface area contributed by atoms with Gasteiger partial charge in [0, 0.05) is 54.5 Å². The number of rotatable bonds is 14. The molecule has 0 atom stereocenters.